The van der Waals surface area contributed by atoms with E-state index in [9.17, 15) is 19.5 Å². The lowest BCUT2D eigenvalue weighted by Gasteiger charge is -2.40. The molecule has 8 heteroatoms. The predicted molar refractivity (Wildman–Crippen MR) is 148 cm³/mol. The first-order valence-corrected chi connectivity index (χ1v) is 14.7. The standard InChI is InChI=1S/C29H46N2O5S/c1-7-10-12-17-36-27(35)23-22-25(33)31(21(19-32)18-20(4)5)24(29(22)14-13-28(23,6)37-29)26(34)30(15-9-3)16-11-8-2/h7,9,20-24,32H,1,3,8,10-19H2,2,4-6H3/t21-,22+,23+,24?,28-,29?/m1/s1. The van der Waals surface area contributed by atoms with Crippen LogP contribution in [0.5, 0.6) is 0 Å². The van der Waals surface area contributed by atoms with Gasteiger partial charge in [-0.05, 0) is 51.4 Å². The summed E-state index contributed by atoms with van der Waals surface area (Å²) in [6.07, 6.45) is 8.79. The number of carbonyl (C=O) groups is 3. The van der Waals surface area contributed by atoms with Gasteiger partial charge in [0.05, 0.1) is 35.8 Å². The van der Waals surface area contributed by atoms with E-state index in [0.29, 0.717) is 39.0 Å². The molecule has 0 aromatic heterocycles. The maximum atomic E-state index is 14.3. The second-order valence-electron chi connectivity index (χ2n) is 11.5. The maximum Gasteiger partial charge on any atom is 0.311 e. The largest absolute Gasteiger partial charge is 0.465 e. The summed E-state index contributed by atoms with van der Waals surface area (Å²) >= 11 is 1.65. The predicted octanol–water partition coefficient (Wildman–Crippen LogP) is 4.20. The number of likely N-dealkylation sites (tertiary alicyclic amines) is 1. The van der Waals surface area contributed by atoms with Crippen LogP contribution in [0.25, 0.3) is 0 Å². The molecule has 2 bridgehead atoms. The maximum absolute atomic E-state index is 14.3. The Balaban J connectivity index is 2.04. The van der Waals surface area contributed by atoms with Gasteiger partial charge in [0.1, 0.15) is 6.04 Å². The number of esters is 1. The zero-order chi connectivity index (χ0) is 27.4. The highest BCUT2D eigenvalue weighted by atomic mass is 32.2. The Hall–Kier alpha value is -1.80. The number of hydrogen-bond acceptors (Lipinski definition) is 6. The van der Waals surface area contributed by atoms with Crippen molar-refractivity contribution >= 4 is 29.5 Å². The quantitative estimate of drug-likeness (QED) is 0.193. The number of aliphatic hydroxyl groups excluding tert-OH is 1. The molecule has 3 heterocycles. The molecule has 7 nitrogen and oxygen atoms in total. The zero-order valence-corrected chi connectivity index (χ0v) is 23.9. The van der Waals surface area contributed by atoms with Crippen LogP contribution in [0.3, 0.4) is 0 Å². The molecule has 1 spiro atoms. The fourth-order valence-electron chi connectivity index (χ4n) is 6.67. The Bertz CT molecular complexity index is 878. The number of ether oxygens (including phenoxy) is 1. The summed E-state index contributed by atoms with van der Waals surface area (Å²) in [6.45, 7) is 16.9. The molecule has 3 rings (SSSR count). The Labute approximate surface area is 227 Å². The van der Waals surface area contributed by atoms with Crippen molar-refractivity contribution in [2.75, 3.05) is 26.3 Å². The number of amides is 2. The smallest absolute Gasteiger partial charge is 0.311 e. The zero-order valence-electron chi connectivity index (χ0n) is 23.1. The monoisotopic (exact) mass is 534 g/mol. The average Bonchev–Trinajstić information content (AvgIpc) is 3.43. The van der Waals surface area contributed by atoms with E-state index < -0.39 is 33.4 Å². The van der Waals surface area contributed by atoms with Gasteiger partial charge in [-0.25, -0.2) is 0 Å². The molecule has 3 aliphatic rings. The summed E-state index contributed by atoms with van der Waals surface area (Å²) in [7, 11) is 0. The van der Waals surface area contributed by atoms with E-state index in [2.05, 4.69) is 40.9 Å². The van der Waals surface area contributed by atoms with E-state index in [1.54, 1.807) is 33.7 Å². The lowest BCUT2D eigenvalue weighted by molar-refractivity contribution is -0.156. The molecule has 3 fully saturated rings. The number of thioether (sulfide) groups is 1. The summed E-state index contributed by atoms with van der Waals surface area (Å²) in [5.74, 6) is -1.63. The highest BCUT2D eigenvalue weighted by Crippen LogP contribution is 2.71. The summed E-state index contributed by atoms with van der Waals surface area (Å²) in [5, 5.41) is 10.4. The fourth-order valence-corrected chi connectivity index (χ4v) is 9.00. The summed E-state index contributed by atoms with van der Waals surface area (Å²) in [5.41, 5.74) is 0. The first kappa shape index (κ1) is 29.8. The van der Waals surface area contributed by atoms with E-state index in [1.807, 2.05) is 0 Å². The van der Waals surface area contributed by atoms with Gasteiger partial charge in [0.15, 0.2) is 0 Å². The van der Waals surface area contributed by atoms with Crippen LogP contribution in [0.1, 0.15) is 72.6 Å². The van der Waals surface area contributed by atoms with E-state index >= 15 is 0 Å². The molecule has 3 aliphatic heterocycles. The molecular weight excluding hydrogens is 488 g/mol. The molecule has 6 atom stereocenters. The highest BCUT2D eigenvalue weighted by molar-refractivity contribution is 8.02. The van der Waals surface area contributed by atoms with Crippen LogP contribution in [0.15, 0.2) is 25.3 Å². The van der Waals surface area contributed by atoms with Gasteiger partial charge in [0.25, 0.3) is 0 Å². The molecule has 2 amide bonds. The van der Waals surface area contributed by atoms with Gasteiger partial charge in [-0.2, -0.15) is 0 Å². The van der Waals surface area contributed by atoms with Crippen molar-refractivity contribution in [3.05, 3.63) is 25.3 Å². The summed E-state index contributed by atoms with van der Waals surface area (Å²) in [6, 6.07) is -1.20. The summed E-state index contributed by atoms with van der Waals surface area (Å²) < 4.78 is 4.53. The number of unbranched alkanes of at least 4 members (excludes halogenated alkanes) is 2. The number of hydrogen-bond donors (Lipinski definition) is 1. The molecule has 1 N–H and O–H groups in total. The summed E-state index contributed by atoms with van der Waals surface area (Å²) in [4.78, 5) is 45.6. The minimum Gasteiger partial charge on any atom is -0.465 e. The second-order valence-corrected chi connectivity index (χ2v) is 13.4. The van der Waals surface area contributed by atoms with Crippen LogP contribution < -0.4 is 0 Å². The normalized spacial score (nSPS) is 30.9. The molecular formula is C29H46N2O5S. The van der Waals surface area contributed by atoms with Crippen molar-refractivity contribution in [1.82, 2.24) is 9.80 Å². The van der Waals surface area contributed by atoms with Crippen LogP contribution >= 0.6 is 11.8 Å². The molecule has 0 aliphatic carbocycles. The fraction of sp³-hybridized carbons (Fsp3) is 0.759. The van der Waals surface area contributed by atoms with Gasteiger partial charge in [-0.15, -0.1) is 24.9 Å². The SMILES string of the molecule is C=CCCCOC(=O)[C@@H]1[C@H]2C(=O)N([C@@H](CO)CC(C)C)C(C(=O)N(CC=C)CCCC)C23CC[C@@]1(C)S3. The Morgan fingerprint density at radius 1 is 1.27 bits per heavy atom. The van der Waals surface area contributed by atoms with Gasteiger partial charge >= 0.3 is 5.97 Å². The lowest BCUT2D eigenvalue weighted by atomic mass is 9.66. The van der Waals surface area contributed by atoms with Crippen molar-refractivity contribution in [1.29, 1.82) is 0 Å². The number of rotatable bonds is 15. The molecule has 0 radical (unpaired) electrons. The van der Waals surface area contributed by atoms with Crippen molar-refractivity contribution in [2.45, 2.75) is 94.2 Å². The van der Waals surface area contributed by atoms with Crippen LogP contribution in [0.2, 0.25) is 0 Å². The Morgan fingerprint density at radius 3 is 2.59 bits per heavy atom. The minimum atomic E-state index is -0.719. The second kappa shape index (κ2) is 12.4. The Morgan fingerprint density at radius 2 is 2.00 bits per heavy atom. The highest BCUT2D eigenvalue weighted by Gasteiger charge is 2.78. The first-order chi connectivity index (χ1) is 17.6. The lowest BCUT2D eigenvalue weighted by Crippen LogP contribution is -2.57. The topological polar surface area (TPSA) is 87.1 Å². The van der Waals surface area contributed by atoms with Gasteiger partial charge in [-0.3, -0.25) is 14.4 Å². The third-order valence-corrected chi connectivity index (χ3v) is 10.3. The average molecular weight is 535 g/mol. The molecule has 0 saturated carbocycles. The molecule has 2 unspecified atom stereocenters. The van der Waals surface area contributed by atoms with E-state index in [1.165, 1.54) is 0 Å². The van der Waals surface area contributed by atoms with Crippen LogP contribution in [-0.2, 0) is 19.1 Å². The van der Waals surface area contributed by atoms with Gasteiger partial charge in [-0.1, -0.05) is 39.3 Å². The first-order valence-electron chi connectivity index (χ1n) is 13.9. The third kappa shape index (κ3) is 5.51. The molecule has 37 heavy (non-hydrogen) atoms. The third-order valence-electron chi connectivity index (χ3n) is 8.29. The van der Waals surface area contributed by atoms with Crippen molar-refractivity contribution < 1.29 is 24.2 Å². The number of nitrogens with zero attached hydrogens (tertiary/aromatic N) is 2. The molecule has 0 aromatic carbocycles. The van der Waals surface area contributed by atoms with E-state index in [4.69, 9.17) is 4.74 Å². The van der Waals surface area contributed by atoms with Crippen LogP contribution in [-0.4, -0.2) is 80.6 Å². The van der Waals surface area contributed by atoms with Crippen LogP contribution in [0.4, 0.5) is 0 Å². The molecule has 3 saturated heterocycles. The van der Waals surface area contributed by atoms with Crippen LogP contribution in [0, 0.1) is 17.8 Å². The number of allylic oxidation sites excluding steroid dienone is 1. The van der Waals surface area contributed by atoms with E-state index in [-0.39, 0.29) is 30.3 Å². The molecule has 0 aromatic rings. The van der Waals surface area contributed by atoms with E-state index in [0.717, 1.165) is 25.7 Å². The number of aliphatic hydroxyl groups is 1. The van der Waals surface area contributed by atoms with Gasteiger partial charge < -0.3 is 19.6 Å². The van der Waals surface area contributed by atoms with Crippen molar-refractivity contribution in [3.63, 3.8) is 0 Å². The Kier molecular flexibility index (Phi) is 9.95. The number of carbonyl (C=O) groups excluding carboxylic acids is 3. The van der Waals surface area contributed by atoms with Gasteiger partial charge in [0.2, 0.25) is 11.8 Å². The van der Waals surface area contributed by atoms with Gasteiger partial charge in [0, 0.05) is 17.8 Å². The minimum absolute atomic E-state index is 0.0943. The molecule has 208 valence electrons. The number of fused-ring (bicyclic) bond motifs is 1. The van der Waals surface area contributed by atoms with Crippen molar-refractivity contribution in [3.8, 4) is 0 Å². The van der Waals surface area contributed by atoms with Crippen molar-refractivity contribution in [2.24, 2.45) is 17.8 Å².